The Morgan fingerprint density at radius 3 is 2.23 bits per heavy atom. The van der Waals surface area contributed by atoms with Gasteiger partial charge in [-0.15, -0.1) is 0 Å². The Hall–Kier alpha value is -0.860. The molecule has 13 heavy (non-hydrogen) atoms. The largest absolute Gasteiger partial charge is 0.469 e. The van der Waals surface area contributed by atoms with E-state index in [4.69, 9.17) is 0 Å². The average molecular weight is 186 g/mol. The van der Waals surface area contributed by atoms with Crippen LogP contribution in [0.3, 0.4) is 0 Å². The maximum Gasteiger partial charge on any atom is 0.305 e. The minimum atomic E-state index is -0.400. The van der Waals surface area contributed by atoms with E-state index in [1.165, 1.54) is 7.11 Å². The highest BCUT2D eigenvalue weighted by Crippen LogP contribution is 2.24. The first-order chi connectivity index (χ1) is 5.94. The number of carbonyl (C=O) groups excluding carboxylic acids is 2. The molecule has 0 unspecified atom stereocenters. The van der Waals surface area contributed by atoms with E-state index in [9.17, 15) is 9.59 Å². The van der Waals surface area contributed by atoms with Crippen LogP contribution in [0.1, 0.15) is 40.0 Å². The Kier molecular flexibility index (Phi) is 4.67. The summed E-state index contributed by atoms with van der Waals surface area (Å²) in [5.41, 5.74) is -0.400. The summed E-state index contributed by atoms with van der Waals surface area (Å²) in [6.45, 7) is 5.56. The van der Waals surface area contributed by atoms with E-state index >= 15 is 0 Å². The van der Waals surface area contributed by atoms with Crippen LogP contribution in [0.4, 0.5) is 0 Å². The van der Waals surface area contributed by atoms with E-state index in [-0.39, 0.29) is 11.8 Å². The van der Waals surface area contributed by atoms with Crippen molar-refractivity contribution >= 4 is 11.8 Å². The van der Waals surface area contributed by atoms with Gasteiger partial charge >= 0.3 is 5.97 Å². The number of hydrogen-bond acceptors (Lipinski definition) is 3. The molecule has 0 spiro atoms. The van der Waals surface area contributed by atoms with Crippen molar-refractivity contribution in [3.05, 3.63) is 0 Å². The normalized spacial score (nSPS) is 11.1. The molecule has 0 amide bonds. The molecule has 0 fully saturated rings. The monoisotopic (exact) mass is 186 g/mol. The fourth-order valence-corrected chi connectivity index (χ4v) is 1.13. The van der Waals surface area contributed by atoms with Crippen molar-refractivity contribution in [1.82, 2.24) is 0 Å². The molecule has 0 aliphatic heterocycles. The molecule has 0 bridgehead atoms. The van der Waals surface area contributed by atoms with E-state index in [1.807, 2.05) is 20.8 Å². The zero-order valence-corrected chi connectivity index (χ0v) is 8.85. The summed E-state index contributed by atoms with van der Waals surface area (Å²) in [5, 5.41) is 0. The second-order valence-electron chi connectivity index (χ2n) is 3.74. The highest BCUT2D eigenvalue weighted by atomic mass is 16.5. The topological polar surface area (TPSA) is 43.4 Å². The van der Waals surface area contributed by atoms with Crippen LogP contribution in [0.15, 0.2) is 0 Å². The minimum Gasteiger partial charge on any atom is -0.469 e. The molecule has 0 aromatic carbocycles. The molecule has 0 aliphatic rings. The van der Waals surface area contributed by atoms with Crippen molar-refractivity contribution in [3.63, 3.8) is 0 Å². The molecule has 0 aliphatic carbocycles. The molecule has 0 rings (SSSR count). The van der Waals surface area contributed by atoms with Gasteiger partial charge in [0.2, 0.25) is 0 Å². The van der Waals surface area contributed by atoms with Crippen LogP contribution in [0.2, 0.25) is 0 Å². The summed E-state index contributed by atoms with van der Waals surface area (Å²) in [6, 6.07) is 0. The molecule has 0 saturated heterocycles. The standard InChI is InChI=1S/C10H18O3/c1-5-8(11)10(2,3)7-6-9(12)13-4/h5-7H2,1-4H3. The van der Waals surface area contributed by atoms with E-state index in [2.05, 4.69) is 4.74 Å². The van der Waals surface area contributed by atoms with E-state index in [0.717, 1.165) is 0 Å². The van der Waals surface area contributed by atoms with E-state index < -0.39 is 5.41 Å². The Morgan fingerprint density at radius 1 is 1.31 bits per heavy atom. The first-order valence-corrected chi connectivity index (χ1v) is 4.54. The molecule has 76 valence electrons. The third kappa shape index (κ3) is 4.06. The Labute approximate surface area is 79.5 Å². The number of rotatable bonds is 5. The molecule has 0 aromatic heterocycles. The smallest absolute Gasteiger partial charge is 0.305 e. The number of ketones is 1. The third-order valence-electron chi connectivity index (χ3n) is 2.26. The number of esters is 1. The SMILES string of the molecule is CCC(=O)C(C)(C)CCC(=O)OC. The summed E-state index contributed by atoms with van der Waals surface area (Å²) in [5.74, 6) is -0.0617. The maximum atomic E-state index is 11.4. The summed E-state index contributed by atoms with van der Waals surface area (Å²) in [7, 11) is 1.36. The first kappa shape index (κ1) is 12.1. The van der Waals surface area contributed by atoms with Gasteiger partial charge in [0.05, 0.1) is 7.11 Å². The molecule has 0 aromatic rings. The lowest BCUT2D eigenvalue weighted by Crippen LogP contribution is -2.24. The molecule has 0 N–H and O–H groups in total. The molecular weight excluding hydrogens is 168 g/mol. The number of hydrogen-bond donors (Lipinski definition) is 0. The fourth-order valence-electron chi connectivity index (χ4n) is 1.13. The fraction of sp³-hybridized carbons (Fsp3) is 0.800. The molecule has 3 nitrogen and oxygen atoms in total. The highest BCUT2D eigenvalue weighted by molar-refractivity contribution is 5.84. The van der Waals surface area contributed by atoms with Crippen molar-refractivity contribution in [2.75, 3.05) is 7.11 Å². The van der Waals surface area contributed by atoms with Gasteiger partial charge in [-0.3, -0.25) is 9.59 Å². The van der Waals surface area contributed by atoms with Crippen LogP contribution in [-0.4, -0.2) is 18.9 Å². The van der Waals surface area contributed by atoms with Crippen LogP contribution in [0.25, 0.3) is 0 Å². The minimum absolute atomic E-state index is 0.191. The Bertz CT molecular complexity index is 194. The number of methoxy groups -OCH3 is 1. The van der Waals surface area contributed by atoms with Crippen LogP contribution >= 0.6 is 0 Å². The second-order valence-corrected chi connectivity index (χ2v) is 3.74. The average Bonchev–Trinajstić information content (AvgIpc) is 2.12. The van der Waals surface area contributed by atoms with Crippen molar-refractivity contribution in [1.29, 1.82) is 0 Å². The Morgan fingerprint density at radius 2 is 1.85 bits per heavy atom. The zero-order chi connectivity index (χ0) is 10.5. The quantitative estimate of drug-likeness (QED) is 0.616. The maximum absolute atomic E-state index is 11.4. The third-order valence-corrected chi connectivity index (χ3v) is 2.26. The van der Waals surface area contributed by atoms with E-state index in [1.54, 1.807) is 0 Å². The lowest BCUT2D eigenvalue weighted by Gasteiger charge is -2.21. The first-order valence-electron chi connectivity index (χ1n) is 4.54. The lowest BCUT2D eigenvalue weighted by molar-refractivity contribution is -0.141. The van der Waals surface area contributed by atoms with Gasteiger partial charge in [0, 0.05) is 18.3 Å². The van der Waals surface area contributed by atoms with Crippen LogP contribution in [-0.2, 0) is 14.3 Å². The predicted octanol–water partition coefficient (Wildman–Crippen LogP) is 1.94. The highest BCUT2D eigenvalue weighted by Gasteiger charge is 2.26. The second kappa shape index (κ2) is 5.00. The van der Waals surface area contributed by atoms with Crippen molar-refractivity contribution in [2.24, 2.45) is 5.41 Å². The van der Waals surface area contributed by atoms with Gasteiger partial charge in [-0.05, 0) is 6.42 Å². The van der Waals surface area contributed by atoms with Crippen molar-refractivity contribution in [3.8, 4) is 0 Å². The lowest BCUT2D eigenvalue weighted by atomic mass is 9.82. The molecule has 0 heterocycles. The molecular formula is C10H18O3. The predicted molar refractivity (Wildman–Crippen MR) is 50.3 cm³/mol. The molecule has 0 atom stereocenters. The zero-order valence-electron chi connectivity index (χ0n) is 8.85. The van der Waals surface area contributed by atoms with Gasteiger partial charge in [-0.2, -0.15) is 0 Å². The summed E-state index contributed by atoms with van der Waals surface area (Å²) in [4.78, 5) is 22.2. The van der Waals surface area contributed by atoms with Crippen molar-refractivity contribution < 1.29 is 14.3 Å². The van der Waals surface area contributed by atoms with Gasteiger partial charge in [0.15, 0.2) is 0 Å². The number of ether oxygens (including phenoxy) is 1. The van der Waals surface area contributed by atoms with Crippen LogP contribution < -0.4 is 0 Å². The van der Waals surface area contributed by atoms with Crippen LogP contribution in [0, 0.1) is 5.41 Å². The molecule has 0 radical (unpaired) electrons. The van der Waals surface area contributed by atoms with Crippen molar-refractivity contribution in [2.45, 2.75) is 40.0 Å². The summed E-state index contributed by atoms with van der Waals surface area (Å²) < 4.78 is 4.51. The van der Waals surface area contributed by atoms with Gasteiger partial charge in [0.1, 0.15) is 5.78 Å². The van der Waals surface area contributed by atoms with Crippen LogP contribution in [0.5, 0.6) is 0 Å². The number of Topliss-reactive ketones (excluding diaryl/α,β-unsaturated/α-hetero) is 1. The Balaban J connectivity index is 4.03. The number of carbonyl (C=O) groups is 2. The van der Waals surface area contributed by atoms with E-state index in [0.29, 0.717) is 19.3 Å². The van der Waals surface area contributed by atoms with Gasteiger partial charge in [-0.25, -0.2) is 0 Å². The van der Waals surface area contributed by atoms with Gasteiger partial charge in [0.25, 0.3) is 0 Å². The molecule has 3 heteroatoms. The van der Waals surface area contributed by atoms with Gasteiger partial charge in [-0.1, -0.05) is 20.8 Å². The summed E-state index contributed by atoms with van der Waals surface area (Å²) >= 11 is 0. The van der Waals surface area contributed by atoms with Gasteiger partial charge < -0.3 is 4.74 Å². The molecule has 0 saturated carbocycles. The summed E-state index contributed by atoms with van der Waals surface area (Å²) in [6.07, 6.45) is 1.40.